The monoisotopic (exact) mass is 255 g/mol. The fourth-order valence-corrected chi connectivity index (χ4v) is 2.12. The number of aryl methyl sites for hydroxylation is 1. The molecule has 100 valence electrons. The summed E-state index contributed by atoms with van der Waals surface area (Å²) in [6.45, 7) is 4.28. The standard InChI is InChI=1S/C16H21N3/c1-2-17-11-5-3-8-14-9-7-13-19-16(14)15-10-4-6-12-18-15/h4,6-7,9-10,12-13,17H,2-3,5,8,11H2,1H3. The summed E-state index contributed by atoms with van der Waals surface area (Å²) in [6.07, 6.45) is 7.10. The molecule has 3 heteroatoms. The van der Waals surface area contributed by atoms with E-state index >= 15 is 0 Å². The van der Waals surface area contributed by atoms with Crippen LogP contribution >= 0.6 is 0 Å². The molecular weight excluding hydrogens is 234 g/mol. The Morgan fingerprint density at radius 2 is 1.89 bits per heavy atom. The highest BCUT2D eigenvalue weighted by atomic mass is 14.8. The fraction of sp³-hybridized carbons (Fsp3) is 0.375. The molecule has 19 heavy (non-hydrogen) atoms. The Balaban J connectivity index is 2.01. The molecule has 0 bridgehead atoms. The first-order chi connectivity index (χ1) is 9.42. The van der Waals surface area contributed by atoms with Crippen LogP contribution < -0.4 is 5.32 Å². The van der Waals surface area contributed by atoms with Crippen molar-refractivity contribution in [3.05, 3.63) is 48.3 Å². The van der Waals surface area contributed by atoms with Gasteiger partial charge in [-0.25, -0.2) is 0 Å². The zero-order valence-corrected chi connectivity index (χ0v) is 11.5. The maximum Gasteiger partial charge on any atom is 0.0918 e. The van der Waals surface area contributed by atoms with Gasteiger partial charge in [0.2, 0.25) is 0 Å². The maximum atomic E-state index is 4.49. The van der Waals surface area contributed by atoms with Crippen molar-refractivity contribution in [1.82, 2.24) is 15.3 Å². The van der Waals surface area contributed by atoms with Crippen LogP contribution in [0.2, 0.25) is 0 Å². The molecule has 0 radical (unpaired) electrons. The average Bonchev–Trinajstić information content (AvgIpc) is 2.48. The van der Waals surface area contributed by atoms with Crippen LogP contribution in [0.3, 0.4) is 0 Å². The summed E-state index contributed by atoms with van der Waals surface area (Å²) in [6, 6.07) is 10.1. The van der Waals surface area contributed by atoms with E-state index in [0.717, 1.165) is 30.9 Å². The summed E-state index contributed by atoms with van der Waals surface area (Å²) in [7, 11) is 0. The number of aromatic nitrogens is 2. The molecule has 0 amide bonds. The Kier molecular flexibility index (Phi) is 5.50. The lowest BCUT2D eigenvalue weighted by Gasteiger charge is -2.08. The molecule has 0 atom stereocenters. The smallest absolute Gasteiger partial charge is 0.0918 e. The lowest BCUT2D eigenvalue weighted by Crippen LogP contribution is -2.14. The molecule has 0 fully saturated rings. The number of unbranched alkanes of at least 4 members (excludes halogenated alkanes) is 1. The van der Waals surface area contributed by atoms with Gasteiger partial charge in [0.05, 0.1) is 11.4 Å². The van der Waals surface area contributed by atoms with Gasteiger partial charge in [0.1, 0.15) is 0 Å². The Morgan fingerprint density at radius 3 is 2.68 bits per heavy atom. The van der Waals surface area contributed by atoms with Crippen molar-refractivity contribution in [2.24, 2.45) is 0 Å². The third-order valence-corrected chi connectivity index (χ3v) is 3.10. The van der Waals surface area contributed by atoms with Crippen LogP contribution in [0.1, 0.15) is 25.3 Å². The van der Waals surface area contributed by atoms with E-state index < -0.39 is 0 Å². The summed E-state index contributed by atoms with van der Waals surface area (Å²) in [4.78, 5) is 8.88. The van der Waals surface area contributed by atoms with Crippen LogP contribution in [0.15, 0.2) is 42.7 Å². The minimum absolute atomic E-state index is 0.963. The molecule has 0 saturated heterocycles. The molecule has 0 spiro atoms. The largest absolute Gasteiger partial charge is 0.317 e. The SMILES string of the molecule is CCNCCCCc1cccnc1-c1ccccn1. The van der Waals surface area contributed by atoms with Gasteiger partial charge in [-0.2, -0.15) is 0 Å². The van der Waals surface area contributed by atoms with E-state index in [4.69, 9.17) is 0 Å². The Labute approximate surface area is 115 Å². The number of hydrogen-bond acceptors (Lipinski definition) is 3. The second kappa shape index (κ2) is 7.64. The zero-order valence-electron chi connectivity index (χ0n) is 11.5. The molecule has 0 unspecified atom stereocenters. The Morgan fingerprint density at radius 1 is 1.00 bits per heavy atom. The maximum absolute atomic E-state index is 4.49. The zero-order chi connectivity index (χ0) is 13.3. The lowest BCUT2D eigenvalue weighted by atomic mass is 10.0. The third kappa shape index (κ3) is 4.14. The molecule has 3 nitrogen and oxygen atoms in total. The fourth-order valence-electron chi connectivity index (χ4n) is 2.12. The average molecular weight is 255 g/mol. The lowest BCUT2D eigenvalue weighted by molar-refractivity contribution is 0.640. The molecular formula is C16H21N3. The Bertz CT molecular complexity index is 482. The predicted octanol–water partition coefficient (Wildman–Crippen LogP) is 3.08. The van der Waals surface area contributed by atoms with Crippen LogP contribution in [0.5, 0.6) is 0 Å². The van der Waals surface area contributed by atoms with Crippen molar-refractivity contribution in [2.45, 2.75) is 26.2 Å². The van der Waals surface area contributed by atoms with Gasteiger partial charge < -0.3 is 5.32 Å². The molecule has 0 saturated carbocycles. The van der Waals surface area contributed by atoms with Gasteiger partial charge in [0.15, 0.2) is 0 Å². The normalized spacial score (nSPS) is 10.6. The molecule has 0 aromatic carbocycles. The van der Waals surface area contributed by atoms with Crippen molar-refractivity contribution < 1.29 is 0 Å². The van der Waals surface area contributed by atoms with Gasteiger partial charge in [0.25, 0.3) is 0 Å². The van der Waals surface area contributed by atoms with Crippen LogP contribution in [0.25, 0.3) is 11.4 Å². The minimum Gasteiger partial charge on any atom is -0.317 e. The van der Waals surface area contributed by atoms with Crippen molar-refractivity contribution in [3.8, 4) is 11.4 Å². The van der Waals surface area contributed by atoms with Gasteiger partial charge in [-0.15, -0.1) is 0 Å². The van der Waals surface area contributed by atoms with Crippen LogP contribution in [-0.2, 0) is 6.42 Å². The van der Waals surface area contributed by atoms with Crippen molar-refractivity contribution in [1.29, 1.82) is 0 Å². The topological polar surface area (TPSA) is 37.8 Å². The first-order valence-corrected chi connectivity index (χ1v) is 6.98. The van der Waals surface area contributed by atoms with E-state index in [2.05, 4.69) is 28.3 Å². The van der Waals surface area contributed by atoms with Gasteiger partial charge in [-0.05, 0) is 56.1 Å². The molecule has 0 aliphatic heterocycles. The van der Waals surface area contributed by atoms with Crippen LogP contribution in [0, 0.1) is 0 Å². The molecule has 2 heterocycles. The summed E-state index contributed by atoms with van der Waals surface area (Å²) in [5.74, 6) is 0. The van der Waals surface area contributed by atoms with E-state index in [1.54, 1.807) is 0 Å². The van der Waals surface area contributed by atoms with Gasteiger partial charge in [-0.1, -0.05) is 19.1 Å². The quantitative estimate of drug-likeness (QED) is 0.773. The van der Waals surface area contributed by atoms with Gasteiger partial charge in [-0.3, -0.25) is 9.97 Å². The molecule has 0 aliphatic carbocycles. The first-order valence-electron chi connectivity index (χ1n) is 6.98. The van der Waals surface area contributed by atoms with E-state index in [1.165, 1.54) is 18.4 Å². The molecule has 2 rings (SSSR count). The Hall–Kier alpha value is -1.74. The number of rotatable bonds is 7. The number of nitrogens with one attached hydrogen (secondary N) is 1. The molecule has 2 aromatic heterocycles. The second-order valence-corrected chi connectivity index (χ2v) is 4.54. The van der Waals surface area contributed by atoms with E-state index in [0.29, 0.717) is 0 Å². The number of nitrogens with zero attached hydrogens (tertiary/aromatic N) is 2. The van der Waals surface area contributed by atoms with Crippen LogP contribution in [0.4, 0.5) is 0 Å². The highest BCUT2D eigenvalue weighted by Gasteiger charge is 2.06. The molecule has 0 aliphatic rings. The summed E-state index contributed by atoms with van der Waals surface area (Å²) < 4.78 is 0. The first kappa shape index (κ1) is 13.7. The second-order valence-electron chi connectivity index (χ2n) is 4.54. The summed E-state index contributed by atoms with van der Waals surface area (Å²) in [5.41, 5.74) is 3.27. The highest BCUT2D eigenvalue weighted by molar-refractivity contribution is 5.58. The van der Waals surface area contributed by atoms with Gasteiger partial charge >= 0.3 is 0 Å². The molecule has 2 aromatic rings. The number of pyridine rings is 2. The van der Waals surface area contributed by atoms with E-state index in [1.807, 2.05) is 36.7 Å². The summed E-state index contributed by atoms with van der Waals surface area (Å²) in [5, 5.41) is 3.35. The molecule has 1 N–H and O–H groups in total. The van der Waals surface area contributed by atoms with E-state index in [-0.39, 0.29) is 0 Å². The van der Waals surface area contributed by atoms with E-state index in [9.17, 15) is 0 Å². The van der Waals surface area contributed by atoms with Crippen molar-refractivity contribution in [3.63, 3.8) is 0 Å². The van der Waals surface area contributed by atoms with Gasteiger partial charge in [0, 0.05) is 12.4 Å². The summed E-state index contributed by atoms with van der Waals surface area (Å²) >= 11 is 0. The van der Waals surface area contributed by atoms with Crippen LogP contribution in [-0.4, -0.2) is 23.1 Å². The third-order valence-electron chi connectivity index (χ3n) is 3.10. The van der Waals surface area contributed by atoms with Crippen molar-refractivity contribution >= 4 is 0 Å². The minimum atomic E-state index is 0.963. The number of hydrogen-bond donors (Lipinski definition) is 1. The van der Waals surface area contributed by atoms with Crippen molar-refractivity contribution in [2.75, 3.05) is 13.1 Å². The highest BCUT2D eigenvalue weighted by Crippen LogP contribution is 2.20. The predicted molar refractivity (Wildman–Crippen MR) is 78.9 cm³/mol.